The highest BCUT2D eigenvalue weighted by molar-refractivity contribution is 5.97. The van der Waals surface area contributed by atoms with Crippen molar-refractivity contribution in [3.8, 4) is 5.75 Å². The average Bonchev–Trinajstić information content (AvgIpc) is 2.41. The van der Waals surface area contributed by atoms with E-state index in [9.17, 15) is 9.18 Å². The van der Waals surface area contributed by atoms with E-state index in [4.69, 9.17) is 10.5 Å². The molecule has 0 unspecified atom stereocenters. The minimum atomic E-state index is -0.408. The Morgan fingerprint density at radius 2 is 2.05 bits per heavy atom. The Labute approximate surface area is 115 Å². The van der Waals surface area contributed by atoms with Crippen LogP contribution in [0.1, 0.15) is 5.56 Å². The first kappa shape index (κ1) is 12.5. The number of hydrogen-bond acceptors (Lipinski definition) is 3. The highest BCUT2D eigenvalue weighted by Crippen LogP contribution is 2.32. The summed E-state index contributed by atoms with van der Waals surface area (Å²) < 4.78 is 18.7. The van der Waals surface area contributed by atoms with Gasteiger partial charge in [-0.2, -0.15) is 0 Å². The molecule has 1 heterocycles. The van der Waals surface area contributed by atoms with Crippen molar-refractivity contribution in [2.45, 2.75) is 6.54 Å². The second-order valence-corrected chi connectivity index (χ2v) is 4.63. The van der Waals surface area contributed by atoms with Gasteiger partial charge in [-0.05, 0) is 35.9 Å². The van der Waals surface area contributed by atoms with Crippen LogP contribution in [-0.4, -0.2) is 12.5 Å². The van der Waals surface area contributed by atoms with Gasteiger partial charge in [0, 0.05) is 5.69 Å². The average molecular weight is 272 g/mol. The molecule has 102 valence electrons. The van der Waals surface area contributed by atoms with Crippen LogP contribution in [0.3, 0.4) is 0 Å². The van der Waals surface area contributed by atoms with E-state index in [1.165, 1.54) is 12.1 Å². The molecule has 0 atom stereocenters. The molecule has 0 radical (unpaired) electrons. The summed E-state index contributed by atoms with van der Waals surface area (Å²) in [5.41, 5.74) is 7.30. The summed E-state index contributed by atoms with van der Waals surface area (Å²) in [5.74, 6) is 0.0806. The van der Waals surface area contributed by atoms with E-state index in [1.807, 2.05) is 12.1 Å². The van der Waals surface area contributed by atoms with Gasteiger partial charge in [0.25, 0.3) is 5.91 Å². The molecule has 4 nitrogen and oxygen atoms in total. The molecule has 2 aromatic rings. The van der Waals surface area contributed by atoms with Crippen molar-refractivity contribution >= 4 is 17.3 Å². The number of benzene rings is 2. The number of carbonyl (C=O) groups excluding carboxylic acids is 1. The predicted molar refractivity (Wildman–Crippen MR) is 73.9 cm³/mol. The fraction of sp³-hybridized carbons (Fsp3) is 0.133. The van der Waals surface area contributed by atoms with Crippen LogP contribution in [0, 0.1) is 5.82 Å². The molecule has 20 heavy (non-hydrogen) atoms. The number of carbonyl (C=O) groups is 1. The molecular formula is C15H13FN2O2. The van der Waals surface area contributed by atoms with Crippen LogP contribution in [-0.2, 0) is 11.3 Å². The van der Waals surface area contributed by atoms with Gasteiger partial charge in [0.05, 0.1) is 12.2 Å². The molecule has 0 aliphatic carbocycles. The first-order valence-corrected chi connectivity index (χ1v) is 6.20. The molecule has 0 saturated heterocycles. The summed E-state index contributed by atoms with van der Waals surface area (Å²) in [6.45, 7) is 0.253. The molecule has 2 N–H and O–H groups in total. The maximum absolute atomic E-state index is 13.4. The Balaban J connectivity index is 1.95. The SMILES string of the molecule is Nc1cc(F)cc(CN2C(=O)COc3ccccc32)c1. The topological polar surface area (TPSA) is 55.6 Å². The number of ether oxygens (including phenoxy) is 1. The Kier molecular flexibility index (Phi) is 3.02. The summed E-state index contributed by atoms with van der Waals surface area (Å²) in [7, 11) is 0. The van der Waals surface area contributed by atoms with Gasteiger partial charge >= 0.3 is 0 Å². The number of anilines is 2. The van der Waals surface area contributed by atoms with Gasteiger partial charge in [-0.15, -0.1) is 0 Å². The number of fused-ring (bicyclic) bond motifs is 1. The number of nitrogens with zero attached hydrogens (tertiary/aromatic N) is 1. The molecular weight excluding hydrogens is 259 g/mol. The maximum Gasteiger partial charge on any atom is 0.265 e. The van der Waals surface area contributed by atoms with Crippen LogP contribution < -0.4 is 15.4 Å². The summed E-state index contributed by atoms with van der Waals surface area (Å²) >= 11 is 0. The second-order valence-electron chi connectivity index (χ2n) is 4.63. The summed E-state index contributed by atoms with van der Waals surface area (Å²) in [6.07, 6.45) is 0. The third-order valence-electron chi connectivity index (χ3n) is 3.13. The summed E-state index contributed by atoms with van der Waals surface area (Å²) in [5, 5.41) is 0. The number of hydrogen-bond donors (Lipinski definition) is 1. The van der Waals surface area contributed by atoms with Crippen LogP contribution >= 0.6 is 0 Å². The number of rotatable bonds is 2. The first-order valence-electron chi connectivity index (χ1n) is 6.20. The highest BCUT2D eigenvalue weighted by atomic mass is 19.1. The predicted octanol–water partition coefficient (Wildman–Crippen LogP) is 2.33. The monoisotopic (exact) mass is 272 g/mol. The zero-order chi connectivity index (χ0) is 14.1. The number of para-hydroxylation sites is 2. The molecule has 0 spiro atoms. The molecule has 0 saturated carbocycles. The molecule has 1 amide bonds. The van der Waals surface area contributed by atoms with Crippen molar-refractivity contribution in [3.05, 3.63) is 53.8 Å². The Morgan fingerprint density at radius 1 is 1.25 bits per heavy atom. The Bertz CT molecular complexity index is 652. The van der Waals surface area contributed by atoms with Crippen molar-refractivity contribution in [2.24, 2.45) is 0 Å². The fourth-order valence-corrected chi connectivity index (χ4v) is 2.28. The third kappa shape index (κ3) is 2.30. The van der Waals surface area contributed by atoms with Crippen molar-refractivity contribution < 1.29 is 13.9 Å². The van der Waals surface area contributed by atoms with Crippen molar-refractivity contribution in [1.29, 1.82) is 0 Å². The van der Waals surface area contributed by atoms with E-state index in [2.05, 4.69) is 0 Å². The molecule has 1 aliphatic rings. The number of amides is 1. The number of nitrogen functional groups attached to an aromatic ring is 1. The van der Waals surface area contributed by atoms with Crippen LogP contribution in [0.25, 0.3) is 0 Å². The van der Waals surface area contributed by atoms with E-state index in [1.54, 1.807) is 23.1 Å². The van der Waals surface area contributed by atoms with E-state index in [0.717, 1.165) is 0 Å². The van der Waals surface area contributed by atoms with E-state index >= 15 is 0 Å². The normalized spacial score (nSPS) is 13.8. The maximum atomic E-state index is 13.4. The standard InChI is InChI=1S/C15H13FN2O2/c16-11-5-10(6-12(17)7-11)8-18-13-3-1-2-4-14(13)20-9-15(18)19/h1-7H,8-9,17H2. The molecule has 0 bridgehead atoms. The highest BCUT2D eigenvalue weighted by Gasteiger charge is 2.25. The lowest BCUT2D eigenvalue weighted by molar-refractivity contribution is -0.121. The summed E-state index contributed by atoms with van der Waals surface area (Å²) in [4.78, 5) is 13.6. The third-order valence-corrected chi connectivity index (χ3v) is 3.13. The van der Waals surface area contributed by atoms with Crippen LogP contribution in [0.4, 0.5) is 15.8 Å². The van der Waals surface area contributed by atoms with Gasteiger partial charge < -0.3 is 15.4 Å². The van der Waals surface area contributed by atoms with Crippen LogP contribution in [0.2, 0.25) is 0 Å². The van der Waals surface area contributed by atoms with Gasteiger partial charge in [0.15, 0.2) is 6.61 Å². The van der Waals surface area contributed by atoms with Gasteiger partial charge in [0.1, 0.15) is 11.6 Å². The molecule has 0 fully saturated rings. The largest absolute Gasteiger partial charge is 0.482 e. The van der Waals surface area contributed by atoms with Crippen molar-refractivity contribution in [2.75, 3.05) is 17.2 Å². The second kappa shape index (κ2) is 4.85. The smallest absolute Gasteiger partial charge is 0.265 e. The Hall–Kier alpha value is -2.56. The quantitative estimate of drug-likeness (QED) is 0.854. The van der Waals surface area contributed by atoms with Gasteiger partial charge in [-0.1, -0.05) is 12.1 Å². The van der Waals surface area contributed by atoms with Crippen LogP contribution in [0.15, 0.2) is 42.5 Å². The van der Waals surface area contributed by atoms with Gasteiger partial charge in [-0.3, -0.25) is 4.79 Å². The number of nitrogens with two attached hydrogens (primary N) is 1. The molecule has 1 aliphatic heterocycles. The minimum Gasteiger partial charge on any atom is -0.482 e. The lowest BCUT2D eigenvalue weighted by atomic mass is 10.1. The van der Waals surface area contributed by atoms with Crippen LogP contribution in [0.5, 0.6) is 5.75 Å². The first-order chi connectivity index (χ1) is 9.63. The van der Waals surface area contributed by atoms with Crippen molar-refractivity contribution in [3.63, 3.8) is 0 Å². The van der Waals surface area contributed by atoms with E-state index in [-0.39, 0.29) is 19.1 Å². The van der Waals surface area contributed by atoms with E-state index < -0.39 is 5.82 Å². The van der Waals surface area contributed by atoms with Gasteiger partial charge in [0.2, 0.25) is 0 Å². The van der Waals surface area contributed by atoms with Crippen molar-refractivity contribution in [1.82, 2.24) is 0 Å². The Morgan fingerprint density at radius 3 is 2.85 bits per heavy atom. The minimum absolute atomic E-state index is 0.0121. The molecule has 0 aromatic heterocycles. The van der Waals surface area contributed by atoms with Gasteiger partial charge in [-0.25, -0.2) is 4.39 Å². The number of halogens is 1. The molecule has 2 aromatic carbocycles. The lowest BCUT2D eigenvalue weighted by Crippen LogP contribution is -2.38. The lowest BCUT2D eigenvalue weighted by Gasteiger charge is -2.29. The zero-order valence-electron chi connectivity index (χ0n) is 10.7. The fourth-order valence-electron chi connectivity index (χ4n) is 2.28. The summed E-state index contributed by atoms with van der Waals surface area (Å²) in [6, 6.07) is 11.6. The molecule has 3 rings (SSSR count). The molecule has 5 heteroatoms. The zero-order valence-corrected chi connectivity index (χ0v) is 10.7. The van der Waals surface area contributed by atoms with E-state index in [0.29, 0.717) is 22.7 Å².